The van der Waals surface area contributed by atoms with Crippen LogP contribution in [0.15, 0.2) is 29.2 Å². The number of benzene rings is 1. The van der Waals surface area contributed by atoms with Crippen LogP contribution in [0.4, 0.5) is 5.00 Å². The fraction of sp³-hybridized carbons (Fsp3) is 0.400. The fourth-order valence-corrected chi connectivity index (χ4v) is 5.14. The van der Waals surface area contributed by atoms with E-state index < -0.39 is 0 Å². The number of esters is 1. The van der Waals surface area contributed by atoms with Gasteiger partial charge in [-0.15, -0.1) is 23.1 Å². The number of thioether (sulfide) groups is 1. The van der Waals surface area contributed by atoms with Gasteiger partial charge >= 0.3 is 5.97 Å². The first kappa shape index (κ1) is 19.9. The van der Waals surface area contributed by atoms with E-state index in [0.717, 1.165) is 40.6 Å². The smallest absolute Gasteiger partial charge is 0.341 e. The van der Waals surface area contributed by atoms with Crippen molar-refractivity contribution in [2.75, 3.05) is 31.3 Å². The van der Waals surface area contributed by atoms with Gasteiger partial charge in [-0.05, 0) is 49.9 Å². The number of amides is 1. The molecule has 0 bridgehead atoms. The average molecular weight is 405 g/mol. The Labute approximate surface area is 168 Å². The number of carbonyl (C=O) groups excluding carboxylic acids is 2. The highest BCUT2D eigenvalue weighted by Crippen LogP contribution is 2.37. The second-order valence-corrected chi connectivity index (χ2v) is 8.77. The Hall–Kier alpha value is -1.83. The molecular weight excluding hydrogens is 380 g/mol. The number of ether oxygens (including phenoxy) is 1. The highest BCUT2D eigenvalue weighted by Gasteiger charge is 2.28. The summed E-state index contributed by atoms with van der Waals surface area (Å²) >= 11 is 3.17. The average Bonchev–Trinajstić information content (AvgIpc) is 2.99. The third-order valence-electron chi connectivity index (χ3n) is 4.36. The van der Waals surface area contributed by atoms with E-state index in [2.05, 4.69) is 24.2 Å². The molecule has 2 heterocycles. The number of likely N-dealkylation sites (N-methyl/N-ethyl adjacent to an activating group) is 1. The predicted molar refractivity (Wildman–Crippen MR) is 111 cm³/mol. The van der Waals surface area contributed by atoms with Crippen molar-refractivity contribution in [2.24, 2.45) is 0 Å². The lowest BCUT2D eigenvalue weighted by atomic mass is 10.0. The summed E-state index contributed by atoms with van der Waals surface area (Å²) in [5.41, 5.74) is 2.13. The lowest BCUT2D eigenvalue weighted by Crippen LogP contribution is -2.26. The molecule has 27 heavy (non-hydrogen) atoms. The van der Waals surface area contributed by atoms with Crippen LogP contribution in [0.3, 0.4) is 0 Å². The van der Waals surface area contributed by atoms with Gasteiger partial charge in [0.15, 0.2) is 0 Å². The molecule has 1 N–H and O–H groups in total. The van der Waals surface area contributed by atoms with Gasteiger partial charge in [0.25, 0.3) is 5.91 Å². The molecule has 1 aromatic heterocycles. The number of thiophene rings is 1. The van der Waals surface area contributed by atoms with Crippen LogP contribution in [0.2, 0.25) is 0 Å². The fourth-order valence-electron chi connectivity index (χ4n) is 3.11. The van der Waals surface area contributed by atoms with E-state index in [1.165, 1.54) is 11.3 Å². The summed E-state index contributed by atoms with van der Waals surface area (Å²) in [7, 11) is 2.06. The first-order valence-electron chi connectivity index (χ1n) is 9.07. The molecule has 0 unspecified atom stereocenters. The molecule has 0 aliphatic carbocycles. The van der Waals surface area contributed by atoms with Crippen molar-refractivity contribution in [3.8, 4) is 0 Å². The quantitative estimate of drug-likeness (QED) is 0.575. The Morgan fingerprint density at radius 1 is 1.33 bits per heavy atom. The van der Waals surface area contributed by atoms with E-state index >= 15 is 0 Å². The zero-order valence-electron chi connectivity index (χ0n) is 15.8. The van der Waals surface area contributed by atoms with Gasteiger partial charge in [-0.1, -0.05) is 13.0 Å². The minimum Gasteiger partial charge on any atom is -0.462 e. The summed E-state index contributed by atoms with van der Waals surface area (Å²) < 4.78 is 5.26. The summed E-state index contributed by atoms with van der Waals surface area (Å²) in [5.74, 6) is 0.389. The van der Waals surface area contributed by atoms with E-state index in [-0.39, 0.29) is 11.9 Å². The Morgan fingerprint density at radius 2 is 2.15 bits per heavy atom. The summed E-state index contributed by atoms with van der Waals surface area (Å²) in [6.45, 7) is 5.85. The highest BCUT2D eigenvalue weighted by atomic mass is 32.2. The predicted octanol–water partition coefficient (Wildman–Crippen LogP) is 4.28. The van der Waals surface area contributed by atoms with Gasteiger partial charge in [0.05, 0.1) is 12.2 Å². The molecule has 2 aromatic rings. The van der Waals surface area contributed by atoms with Crippen LogP contribution in [0.25, 0.3) is 0 Å². The third kappa shape index (κ3) is 4.54. The third-order valence-corrected chi connectivity index (χ3v) is 6.37. The standard InChI is InChI=1S/C20H24N2O3S2/c1-4-25-20(24)17-15-9-10-22(3)12-16(15)27-19(17)21-18(23)13-7-6-8-14(11-13)26-5-2/h6-8,11H,4-5,9-10,12H2,1-3H3,(H,21,23). The summed E-state index contributed by atoms with van der Waals surface area (Å²) in [5, 5.41) is 3.55. The lowest BCUT2D eigenvalue weighted by Gasteiger charge is -2.22. The summed E-state index contributed by atoms with van der Waals surface area (Å²) in [4.78, 5) is 29.8. The van der Waals surface area contributed by atoms with Crippen molar-refractivity contribution in [3.05, 3.63) is 45.8 Å². The molecule has 5 nitrogen and oxygen atoms in total. The van der Waals surface area contributed by atoms with Crippen molar-refractivity contribution in [2.45, 2.75) is 31.7 Å². The van der Waals surface area contributed by atoms with Crippen molar-refractivity contribution < 1.29 is 14.3 Å². The van der Waals surface area contributed by atoms with Crippen molar-refractivity contribution >= 4 is 40.0 Å². The first-order chi connectivity index (χ1) is 13.0. The van der Waals surface area contributed by atoms with E-state index in [1.54, 1.807) is 24.8 Å². The number of hydrogen-bond donors (Lipinski definition) is 1. The Morgan fingerprint density at radius 3 is 2.89 bits per heavy atom. The van der Waals surface area contributed by atoms with E-state index in [9.17, 15) is 9.59 Å². The summed E-state index contributed by atoms with van der Waals surface area (Å²) in [6.07, 6.45) is 0.787. The van der Waals surface area contributed by atoms with Crippen LogP contribution in [-0.2, 0) is 17.7 Å². The highest BCUT2D eigenvalue weighted by molar-refractivity contribution is 7.99. The second kappa shape index (κ2) is 8.91. The number of rotatable bonds is 6. The molecule has 0 saturated carbocycles. The molecule has 0 fully saturated rings. The van der Waals surface area contributed by atoms with Crippen LogP contribution in [0.5, 0.6) is 0 Å². The molecule has 0 spiro atoms. The van der Waals surface area contributed by atoms with Crippen molar-refractivity contribution in [3.63, 3.8) is 0 Å². The maximum atomic E-state index is 12.8. The normalized spacial score (nSPS) is 13.9. The molecule has 0 saturated heterocycles. The number of carbonyl (C=O) groups is 2. The van der Waals surface area contributed by atoms with E-state index in [4.69, 9.17) is 4.74 Å². The second-order valence-electron chi connectivity index (χ2n) is 6.33. The summed E-state index contributed by atoms with van der Waals surface area (Å²) in [6, 6.07) is 7.55. The largest absolute Gasteiger partial charge is 0.462 e. The van der Waals surface area contributed by atoms with Crippen molar-refractivity contribution in [1.29, 1.82) is 0 Å². The van der Waals surface area contributed by atoms with Gasteiger partial charge in [0.2, 0.25) is 0 Å². The number of hydrogen-bond acceptors (Lipinski definition) is 6. The van der Waals surface area contributed by atoms with Crippen LogP contribution in [0.1, 0.15) is 45.0 Å². The van der Waals surface area contributed by atoms with Crippen LogP contribution in [0, 0.1) is 0 Å². The first-order valence-corrected chi connectivity index (χ1v) is 10.9. The van der Waals surface area contributed by atoms with E-state index in [0.29, 0.717) is 22.7 Å². The topological polar surface area (TPSA) is 58.6 Å². The Balaban J connectivity index is 1.90. The zero-order valence-corrected chi connectivity index (χ0v) is 17.5. The van der Waals surface area contributed by atoms with Crippen molar-refractivity contribution in [1.82, 2.24) is 4.90 Å². The van der Waals surface area contributed by atoms with Gasteiger partial charge in [0.1, 0.15) is 5.00 Å². The number of fused-ring (bicyclic) bond motifs is 1. The maximum absolute atomic E-state index is 12.8. The molecule has 0 atom stereocenters. The molecular formula is C20H24N2O3S2. The molecule has 7 heteroatoms. The zero-order chi connectivity index (χ0) is 19.4. The SMILES string of the molecule is CCOC(=O)c1c(NC(=O)c2cccc(SCC)c2)sc2c1CCN(C)C2. The van der Waals surface area contributed by atoms with Crippen LogP contribution in [-0.4, -0.2) is 42.7 Å². The minimum atomic E-state index is -0.356. The molecule has 144 valence electrons. The van der Waals surface area contributed by atoms with Crippen LogP contribution < -0.4 is 5.32 Å². The van der Waals surface area contributed by atoms with Gasteiger partial charge < -0.3 is 15.0 Å². The maximum Gasteiger partial charge on any atom is 0.341 e. The molecule has 0 radical (unpaired) electrons. The molecule has 1 aliphatic heterocycles. The molecule has 1 amide bonds. The van der Waals surface area contributed by atoms with Crippen LogP contribution >= 0.6 is 23.1 Å². The number of nitrogens with one attached hydrogen (secondary N) is 1. The number of anilines is 1. The van der Waals surface area contributed by atoms with Gasteiger partial charge in [-0.3, -0.25) is 4.79 Å². The van der Waals surface area contributed by atoms with Gasteiger partial charge in [-0.2, -0.15) is 0 Å². The Kier molecular flexibility index (Phi) is 6.57. The molecule has 1 aromatic carbocycles. The number of nitrogens with zero attached hydrogens (tertiary/aromatic N) is 1. The van der Waals surface area contributed by atoms with E-state index in [1.807, 2.05) is 18.2 Å². The molecule has 3 rings (SSSR count). The lowest BCUT2D eigenvalue weighted by molar-refractivity contribution is 0.0526. The minimum absolute atomic E-state index is 0.203. The Bertz CT molecular complexity index is 848. The molecule has 1 aliphatic rings. The van der Waals surface area contributed by atoms with Gasteiger partial charge in [-0.25, -0.2) is 4.79 Å². The van der Waals surface area contributed by atoms with Gasteiger partial charge in [0, 0.05) is 28.4 Å². The monoisotopic (exact) mass is 404 g/mol.